The van der Waals surface area contributed by atoms with E-state index in [1.165, 1.54) is 6.07 Å². The summed E-state index contributed by atoms with van der Waals surface area (Å²) in [6.45, 7) is 8.24. The van der Waals surface area contributed by atoms with Gasteiger partial charge in [-0.15, -0.1) is 4.40 Å². The van der Waals surface area contributed by atoms with E-state index in [4.69, 9.17) is 11.6 Å². The number of hydrogen-bond donors (Lipinski definition) is 1. The first-order valence-electron chi connectivity index (χ1n) is 8.89. The van der Waals surface area contributed by atoms with Gasteiger partial charge in [0.25, 0.3) is 15.9 Å². The summed E-state index contributed by atoms with van der Waals surface area (Å²) in [4.78, 5) is 14.6. The van der Waals surface area contributed by atoms with Crippen LogP contribution in [-0.2, 0) is 10.0 Å². The number of rotatable bonds is 4. The molecule has 1 aliphatic heterocycles. The number of nitrogens with zero attached hydrogens (tertiary/aromatic N) is 2. The number of fused-ring (bicyclic) bond motifs is 1. The van der Waals surface area contributed by atoms with E-state index >= 15 is 0 Å². The number of amidine groups is 1. The van der Waals surface area contributed by atoms with Crippen molar-refractivity contribution < 1.29 is 13.2 Å². The van der Waals surface area contributed by atoms with Crippen LogP contribution in [0.3, 0.4) is 0 Å². The fourth-order valence-electron chi connectivity index (χ4n) is 3.09. The van der Waals surface area contributed by atoms with Gasteiger partial charge in [-0.05, 0) is 61.7 Å². The highest BCUT2D eigenvalue weighted by atomic mass is 35.5. The van der Waals surface area contributed by atoms with Crippen LogP contribution in [0.5, 0.6) is 0 Å². The molecular formula is C20H22ClN3O3S. The Hall–Kier alpha value is -2.38. The van der Waals surface area contributed by atoms with Crippen LogP contribution in [0, 0.1) is 12.8 Å². The lowest BCUT2D eigenvalue weighted by atomic mass is 10.1. The molecule has 0 aromatic heterocycles. The molecule has 8 heteroatoms. The number of benzene rings is 2. The third kappa shape index (κ3) is 4.05. The zero-order chi connectivity index (χ0) is 20.6. The molecule has 0 saturated carbocycles. The number of sulfonamides is 1. The summed E-state index contributed by atoms with van der Waals surface area (Å²) in [6.07, 6.45) is 0. The summed E-state index contributed by atoms with van der Waals surface area (Å²) < 4.78 is 29.0. The van der Waals surface area contributed by atoms with Gasteiger partial charge in [0.05, 0.1) is 5.69 Å². The van der Waals surface area contributed by atoms with Gasteiger partial charge < -0.3 is 10.2 Å². The van der Waals surface area contributed by atoms with Gasteiger partial charge in [0.2, 0.25) is 0 Å². The minimum Gasteiger partial charge on any atom is -0.328 e. The van der Waals surface area contributed by atoms with Crippen molar-refractivity contribution >= 4 is 44.7 Å². The Kier molecular flexibility index (Phi) is 5.50. The van der Waals surface area contributed by atoms with Crippen LogP contribution in [0.1, 0.15) is 36.7 Å². The largest absolute Gasteiger partial charge is 0.328 e. The number of aryl methyl sites for hydroxylation is 1. The molecule has 1 heterocycles. The van der Waals surface area contributed by atoms with E-state index < -0.39 is 15.9 Å². The second-order valence-electron chi connectivity index (χ2n) is 7.21. The molecule has 2 aromatic rings. The maximum atomic E-state index is 12.7. The molecule has 0 saturated heterocycles. The molecule has 0 spiro atoms. The molecule has 0 fully saturated rings. The maximum Gasteiger partial charge on any atom is 0.286 e. The van der Waals surface area contributed by atoms with E-state index in [9.17, 15) is 13.2 Å². The first-order valence-corrected chi connectivity index (χ1v) is 10.7. The fraction of sp³-hybridized carbons (Fsp3) is 0.300. The average molecular weight is 420 g/mol. The number of anilines is 2. The first kappa shape index (κ1) is 20.4. The van der Waals surface area contributed by atoms with Crippen molar-refractivity contribution in [3.63, 3.8) is 0 Å². The molecule has 1 N–H and O–H groups in total. The van der Waals surface area contributed by atoms with Crippen LogP contribution < -0.4 is 10.2 Å². The lowest BCUT2D eigenvalue weighted by Crippen LogP contribution is -2.36. The number of nitrogens with one attached hydrogen (secondary N) is 1. The second kappa shape index (κ2) is 7.56. The summed E-state index contributed by atoms with van der Waals surface area (Å²) in [7, 11) is -3.85. The van der Waals surface area contributed by atoms with Gasteiger partial charge in [0.1, 0.15) is 10.7 Å². The quantitative estimate of drug-likeness (QED) is 0.792. The maximum absolute atomic E-state index is 12.7. The molecular weight excluding hydrogens is 398 g/mol. The van der Waals surface area contributed by atoms with E-state index in [0.29, 0.717) is 34.7 Å². The zero-order valence-corrected chi connectivity index (χ0v) is 17.7. The fourth-order valence-corrected chi connectivity index (χ4v) is 4.58. The minimum atomic E-state index is -3.85. The predicted molar refractivity (Wildman–Crippen MR) is 113 cm³/mol. The summed E-state index contributed by atoms with van der Waals surface area (Å²) in [5.74, 6) is 0.343. The van der Waals surface area contributed by atoms with Gasteiger partial charge >= 0.3 is 0 Å². The molecule has 0 atom stereocenters. The summed E-state index contributed by atoms with van der Waals surface area (Å²) in [5.41, 5.74) is 2.22. The van der Waals surface area contributed by atoms with Crippen LogP contribution in [0.2, 0.25) is 5.02 Å². The van der Waals surface area contributed by atoms with E-state index in [2.05, 4.69) is 9.71 Å². The van der Waals surface area contributed by atoms with Crippen molar-refractivity contribution in [1.29, 1.82) is 0 Å². The monoisotopic (exact) mass is 419 g/mol. The summed E-state index contributed by atoms with van der Waals surface area (Å²) >= 11 is 5.95. The molecule has 6 nitrogen and oxygen atoms in total. The van der Waals surface area contributed by atoms with E-state index in [-0.39, 0.29) is 10.5 Å². The van der Waals surface area contributed by atoms with Crippen molar-refractivity contribution in [2.45, 2.75) is 32.6 Å². The Bertz CT molecular complexity index is 1080. The summed E-state index contributed by atoms with van der Waals surface area (Å²) in [5, 5.41) is 3.38. The molecule has 3 rings (SSSR count). The Balaban J connectivity index is 1.97. The topological polar surface area (TPSA) is 78.8 Å². The number of carbonyl (C=O) groups excluding carboxylic acids is 1. The molecule has 0 aliphatic carbocycles. The van der Waals surface area contributed by atoms with Gasteiger partial charge in [-0.1, -0.05) is 25.4 Å². The van der Waals surface area contributed by atoms with Crippen LogP contribution in [0.25, 0.3) is 0 Å². The van der Waals surface area contributed by atoms with Crippen LogP contribution in [0.4, 0.5) is 11.4 Å². The average Bonchev–Trinajstić information content (AvgIpc) is 2.60. The highest BCUT2D eigenvalue weighted by Gasteiger charge is 2.30. The normalized spacial score (nSPS) is 15.2. The van der Waals surface area contributed by atoms with Crippen LogP contribution in [-0.4, -0.2) is 26.7 Å². The third-order valence-electron chi connectivity index (χ3n) is 4.42. The molecule has 0 unspecified atom stereocenters. The number of hydrogen-bond acceptors (Lipinski definition) is 4. The number of carbonyl (C=O) groups is 1. The van der Waals surface area contributed by atoms with Gasteiger partial charge in [-0.25, -0.2) is 0 Å². The zero-order valence-electron chi connectivity index (χ0n) is 16.2. The lowest BCUT2D eigenvalue weighted by molar-refractivity contribution is 0.102. The van der Waals surface area contributed by atoms with Crippen LogP contribution in [0.15, 0.2) is 45.7 Å². The van der Waals surface area contributed by atoms with E-state index in [1.54, 1.807) is 37.3 Å². The van der Waals surface area contributed by atoms with Crippen molar-refractivity contribution in [2.75, 3.05) is 16.8 Å². The standard InChI is InChI=1S/C20H22ClN3O3S/c1-12(2)11-24-14(4)23-28(26,27)19-10-15(5-8-18(19)24)20(25)22-17-7-6-16(21)9-13(17)3/h5-10,12H,11H2,1-4H3,(H,22,25). The highest BCUT2D eigenvalue weighted by molar-refractivity contribution is 7.90. The third-order valence-corrected chi connectivity index (χ3v) is 6.04. The number of halogens is 1. The van der Waals surface area contributed by atoms with E-state index in [0.717, 1.165) is 5.56 Å². The first-order chi connectivity index (χ1) is 13.1. The molecule has 28 heavy (non-hydrogen) atoms. The molecule has 1 aliphatic rings. The van der Waals surface area contributed by atoms with Crippen molar-refractivity contribution in [1.82, 2.24) is 0 Å². The molecule has 1 amide bonds. The molecule has 0 radical (unpaired) electrons. The molecule has 148 valence electrons. The van der Waals surface area contributed by atoms with Crippen molar-refractivity contribution in [3.05, 3.63) is 52.5 Å². The van der Waals surface area contributed by atoms with Crippen LogP contribution >= 0.6 is 11.6 Å². The van der Waals surface area contributed by atoms with E-state index in [1.807, 2.05) is 25.7 Å². The Morgan fingerprint density at radius 2 is 1.89 bits per heavy atom. The van der Waals surface area contributed by atoms with Crippen molar-refractivity contribution in [2.24, 2.45) is 10.3 Å². The van der Waals surface area contributed by atoms with Crippen molar-refractivity contribution in [3.8, 4) is 0 Å². The second-order valence-corrected chi connectivity index (χ2v) is 9.22. The predicted octanol–water partition coefficient (Wildman–Crippen LogP) is 4.48. The SMILES string of the molecule is CC1=NS(=O)(=O)c2cc(C(=O)Nc3ccc(Cl)cc3C)ccc2N1CC(C)C. The van der Waals surface area contributed by atoms with Gasteiger partial charge in [0.15, 0.2) is 0 Å². The van der Waals surface area contributed by atoms with Gasteiger partial charge in [-0.2, -0.15) is 8.42 Å². The molecule has 0 bridgehead atoms. The minimum absolute atomic E-state index is 0.0410. The van der Waals surface area contributed by atoms with Gasteiger partial charge in [-0.3, -0.25) is 4.79 Å². The van der Waals surface area contributed by atoms with Gasteiger partial charge in [0, 0.05) is 22.8 Å². The number of amides is 1. The lowest BCUT2D eigenvalue weighted by Gasteiger charge is -2.30. The molecule has 2 aromatic carbocycles. The Morgan fingerprint density at radius 3 is 2.54 bits per heavy atom. The Labute approximate surface area is 170 Å². The Morgan fingerprint density at radius 1 is 1.18 bits per heavy atom. The smallest absolute Gasteiger partial charge is 0.286 e. The highest BCUT2D eigenvalue weighted by Crippen LogP contribution is 2.33. The summed E-state index contributed by atoms with van der Waals surface area (Å²) in [6, 6.07) is 9.81.